The average Bonchev–Trinajstić information content (AvgIpc) is 2.88. The first-order chi connectivity index (χ1) is 8.57. The lowest BCUT2D eigenvalue weighted by atomic mass is 10.3. The highest BCUT2D eigenvalue weighted by atomic mass is 32.2. The first-order valence-electron chi connectivity index (χ1n) is 5.88. The molecule has 1 aromatic rings. The minimum Gasteiger partial charge on any atom is -0.388 e. The molecule has 1 aromatic carbocycles. The molecule has 1 aliphatic heterocycles. The Hall–Kier alpha value is -1.11. The number of benzene rings is 1. The van der Waals surface area contributed by atoms with Gasteiger partial charge in [-0.15, -0.1) is 0 Å². The molecule has 5 nitrogen and oxygen atoms in total. The number of sulfonamides is 1. The SMILES string of the molecule is CNc1cccc(S(=O)(=O)N2CCC(OC)C2)c1. The normalized spacial score (nSPS) is 21.1. The molecule has 6 heteroatoms. The van der Waals surface area contributed by atoms with Crippen LogP contribution in [0.1, 0.15) is 6.42 Å². The molecular formula is C12H18N2O3S. The highest BCUT2D eigenvalue weighted by Gasteiger charge is 2.32. The van der Waals surface area contributed by atoms with Gasteiger partial charge in [0.2, 0.25) is 10.0 Å². The van der Waals surface area contributed by atoms with Gasteiger partial charge in [0, 0.05) is 32.9 Å². The maximum Gasteiger partial charge on any atom is 0.243 e. The Morgan fingerprint density at radius 3 is 2.83 bits per heavy atom. The van der Waals surface area contributed by atoms with E-state index in [1.165, 1.54) is 4.31 Å². The summed E-state index contributed by atoms with van der Waals surface area (Å²) in [4.78, 5) is 0.325. The number of nitrogens with zero attached hydrogens (tertiary/aromatic N) is 1. The summed E-state index contributed by atoms with van der Waals surface area (Å²) in [6.45, 7) is 0.952. The van der Waals surface area contributed by atoms with Crippen LogP contribution in [0.15, 0.2) is 29.2 Å². The van der Waals surface area contributed by atoms with Crippen molar-refractivity contribution < 1.29 is 13.2 Å². The second-order valence-electron chi connectivity index (χ2n) is 4.29. The van der Waals surface area contributed by atoms with E-state index in [0.29, 0.717) is 18.0 Å². The monoisotopic (exact) mass is 270 g/mol. The van der Waals surface area contributed by atoms with Crippen LogP contribution in [0.25, 0.3) is 0 Å². The number of anilines is 1. The van der Waals surface area contributed by atoms with Crippen LogP contribution in [0.4, 0.5) is 5.69 Å². The highest BCUT2D eigenvalue weighted by molar-refractivity contribution is 7.89. The first kappa shape index (κ1) is 13.3. The zero-order chi connectivity index (χ0) is 13.2. The van der Waals surface area contributed by atoms with E-state index >= 15 is 0 Å². The number of nitrogens with one attached hydrogen (secondary N) is 1. The molecule has 1 fully saturated rings. The molecule has 0 amide bonds. The van der Waals surface area contributed by atoms with Crippen LogP contribution in [-0.4, -0.2) is 46.1 Å². The molecule has 0 radical (unpaired) electrons. The maximum absolute atomic E-state index is 12.4. The van der Waals surface area contributed by atoms with Crippen molar-refractivity contribution >= 4 is 15.7 Å². The second kappa shape index (κ2) is 5.26. The summed E-state index contributed by atoms with van der Waals surface area (Å²) in [5.41, 5.74) is 0.790. The number of rotatable bonds is 4. The van der Waals surface area contributed by atoms with E-state index < -0.39 is 10.0 Å². The minimum atomic E-state index is -3.40. The van der Waals surface area contributed by atoms with Crippen molar-refractivity contribution in [3.05, 3.63) is 24.3 Å². The third kappa shape index (κ3) is 2.50. The van der Waals surface area contributed by atoms with Crippen LogP contribution in [0, 0.1) is 0 Å². The van der Waals surface area contributed by atoms with Gasteiger partial charge in [-0.25, -0.2) is 8.42 Å². The van der Waals surface area contributed by atoms with Gasteiger partial charge in [0.05, 0.1) is 11.0 Å². The van der Waals surface area contributed by atoms with E-state index in [4.69, 9.17) is 4.74 Å². The lowest BCUT2D eigenvalue weighted by Gasteiger charge is -2.16. The highest BCUT2D eigenvalue weighted by Crippen LogP contribution is 2.23. The fraction of sp³-hybridized carbons (Fsp3) is 0.500. The molecule has 0 bridgehead atoms. The maximum atomic E-state index is 12.4. The molecule has 2 rings (SSSR count). The van der Waals surface area contributed by atoms with E-state index in [-0.39, 0.29) is 6.10 Å². The van der Waals surface area contributed by atoms with Crippen molar-refractivity contribution in [3.8, 4) is 0 Å². The third-order valence-corrected chi connectivity index (χ3v) is 5.06. The molecule has 18 heavy (non-hydrogen) atoms. The second-order valence-corrected chi connectivity index (χ2v) is 6.23. The van der Waals surface area contributed by atoms with Gasteiger partial charge in [-0.1, -0.05) is 6.07 Å². The van der Waals surface area contributed by atoms with Gasteiger partial charge in [0.15, 0.2) is 0 Å². The van der Waals surface area contributed by atoms with Crippen LogP contribution in [0.5, 0.6) is 0 Å². The minimum absolute atomic E-state index is 0.00672. The fourth-order valence-electron chi connectivity index (χ4n) is 2.07. The molecule has 0 aromatic heterocycles. The molecule has 0 spiro atoms. The summed E-state index contributed by atoms with van der Waals surface area (Å²) >= 11 is 0. The number of hydrogen-bond donors (Lipinski definition) is 1. The Bertz CT molecular complexity index is 516. The van der Waals surface area contributed by atoms with Crippen molar-refractivity contribution in [2.45, 2.75) is 17.4 Å². The smallest absolute Gasteiger partial charge is 0.243 e. The van der Waals surface area contributed by atoms with Gasteiger partial charge in [0.25, 0.3) is 0 Å². The summed E-state index contributed by atoms with van der Waals surface area (Å²) in [6.07, 6.45) is 0.758. The van der Waals surface area contributed by atoms with Gasteiger partial charge in [-0.05, 0) is 24.6 Å². The Balaban J connectivity index is 2.25. The van der Waals surface area contributed by atoms with Gasteiger partial charge in [0.1, 0.15) is 0 Å². The van der Waals surface area contributed by atoms with Crippen LogP contribution < -0.4 is 5.32 Å². The number of hydrogen-bond acceptors (Lipinski definition) is 4. The fourth-order valence-corrected chi connectivity index (χ4v) is 3.60. The quantitative estimate of drug-likeness (QED) is 0.891. The zero-order valence-corrected chi connectivity index (χ0v) is 11.4. The van der Waals surface area contributed by atoms with E-state index in [0.717, 1.165) is 12.1 Å². The molecular weight excluding hydrogens is 252 g/mol. The lowest BCUT2D eigenvalue weighted by molar-refractivity contribution is 0.115. The lowest BCUT2D eigenvalue weighted by Crippen LogP contribution is -2.30. The predicted octanol–water partition coefficient (Wildman–Crippen LogP) is 1.14. The van der Waals surface area contributed by atoms with Gasteiger partial charge >= 0.3 is 0 Å². The number of methoxy groups -OCH3 is 1. The van der Waals surface area contributed by atoms with E-state index in [1.807, 2.05) is 6.07 Å². The molecule has 1 saturated heterocycles. The van der Waals surface area contributed by atoms with Crippen LogP contribution in [0.3, 0.4) is 0 Å². The van der Waals surface area contributed by atoms with Crippen molar-refractivity contribution in [1.29, 1.82) is 0 Å². The van der Waals surface area contributed by atoms with Crippen LogP contribution in [-0.2, 0) is 14.8 Å². The molecule has 0 aliphatic carbocycles. The standard InChI is InChI=1S/C12H18N2O3S/c1-13-10-4-3-5-12(8-10)18(15,16)14-7-6-11(9-14)17-2/h3-5,8,11,13H,6-7,9H2,1-2H3. The van der Waals surface area contributed by atoms with Crippen LogP contribution in [0.2, 0.25) is 0 Å². The number of ether oxygens (including phenoxy) is 1. The first-order valence-corrected chi connectivity index (χ1v) is 7.32. The summed E-state index contributed by atoms with van der Waals surface area (Å²) in [6, 6.07) is 6.84. The summed E-state index contributed by atoms with van der Waals surface area (Å²) in [5.74, 6) is 0. The van der Waals surface area contributed by atoms with E-state index in [1.54, 1.807) is 32.4 Å². The van der Waals surface area contributed by atoms with Gasteiger partial charge in [-0.3, -0.25) is 0 Å². The van der Waals surface area contributed by atoms with E-state index in [9.17, 15) is 8.42 Å². The van der Waals surface area contributed by atoms with Crippen molar-refractivity contribution in [2.24, 2.45) is 0 Å². The van der Waals surface area contributed by atoms with Crippen LogP contribution >= 0.6 is 0 Å². The molecule has 1 N–H and O–H groups in total. The topological polar surface area (TPSA) is 58.6 Å². The zero-order valence-electron chi connectivity index (χ0n) is 10.6. The van der Waals surface area contributed by atoms with Gasteiger partial charge < -0.3 is 10.1 Å². The third-order valence-electron chi connectivity index (χ3n) is 3.20. The Morgan fingerprint density at radius 2 is 2.22 bits per heavy atom. The van der Waals surface area contributed by atoms with Crippen molar-refractivity contribution in [3.63, 3.8) is 0 Å². The molecule has 1 atom stereocenters. The summed E-state index contributed by atoms with van der Waals surface area (Å²) < 4.78 is 31.5. The molecule has 1 aliphatic rings. The molecule has 1 heterocycles. The average molecular weight is 270 g/mol. The van der Waals surface area contributed by atoms with Crippen molar-refractivity contribution in [2.75, 3.05) is 32.6 Å². The van der Waals surface area contributed by atoms with Crippen molar-refractivity contribution in [1.82, 2.24) is 4.31 Å². The Kier molecular flexibility index (Phi) is 3.89. The Labute approximate surface area is 108 Å². The molecule has 100 valence electrons. The largest absolute Gasteiger partial charge is 0.388 e. The van der Waals surface area contributed by atoms with Gasteiger partial charge in [-0.2, -0.15) is 4.31 Å². The molecule has 1 unspecified atom stereocenters. The predicted molar refractivity (Wildman–Crippen MR) is 70.2 cm³/mol. The Morgan fingerprint density at radius 1 is 1.44 bits per heavy atom. The summed E-state index contributed by atoms with van der Waals surface area (Å²) in [7, 11) is -0.0211. The summed E-state index contributed by atoms with van der Waals surface area (Å²) in [5, 5.41) is 2.94. The van der Waals surface area contributed by atoms with E-state index in [2.05, 4.69) is 5.32 Å². The molecule has 0 saturated carbocycles.